The molecule has 0 aliphatic rings. The number of nitrogens with one attached hydrogen (secondary N) is 2. The number of hydrogen-bond donors (Lipinski definition) is 2. The second-order valence-electron chi connectivity index (χ2n) is 7.09. The first-order valence-electron chi connectivity index (χ1n) is 10.4. The zero-order valence-corrected chi connectivity index (χ0v) is 28.8. The number of thiophene rings is 2. The van der Waals surface area contributed by atoms with Crippen LogP contribution >= 0.6 is 45.9 Å². The van der Waals surface area contributed by atoms with E-state index in [2.05, 4.69) is 76.9 Å². The third kappa shape index (κ3) is 8.64. The molecule has 2 N–H and O–H groups in total. The van der Waals surface area contributed by atoms with Gasteiger partial charge in [-0.15, -0.1) is 0 Å². The summed E-state index contributed by atoms with van der Waals surface area (Å²) in [7, 11) is 0. The zero-order chi connectivity index (χ0) is 27.1. The van der Waals surface area contributed by atoms with Gasteiger partial charge in [-0.2, -0.15) is 0 Å². The molecule has 0 fully saturated rings. The van der Waals surface area contributed by atoms with Crippen molar-refractivity contribution in [2.24, 2.45) is 9.98 Å². The van der Waals surface area contributed by atoms with Crippen molar-refractivity contribution < 1.29 is 9.59 Å². The Bertz CT molecular complexity index is 1390. The number of benzene rings is 2. The molecule has 0 unspecified atom stereocenters. The molecule has 6 nitrogen and oxygen atoms in total. The predicted molar refractivity (Wildman–Crippen MR) is 163 cm³/mol. The SMILES string of the molecule is O=C(NC([Se])=Nc1ccc([Se][Se]c2ccc(N=C([Se])NC(=O)c3sccc3Cl)cc2)cc1)c1sccc1Cl. The quantitative estimate of drug-likeness (QED) is 0.170. The molecule has 4 rings (SSSR count). The number of carbonyl (C=O) groups is 2. The topological polar surface area (TPSA) is 82.9 Å². The summed E-state index contributed by atoms with van der Waals surface area (Å²) in [6.45, 7) is 0. The van der Waals surface area contributed by atoms with Gasteiger partial charge in [0.15, 0.2) is 0 Å². The molecule has 0 bridgehead atoms. The molecule has 2 radical (unpaired) electrons. The number of hydrogen-bond acceptors (Lipinski definition) is 6. The van der Waals surface area contributed by atoms with E-state index in [0.717, 1.165) is 11.4 Å². The van der Waals surface area contributed by atoms with Crippen LogP contribution in [0.4, 0.5) is 11.4 Å². The Morgan fingerprint density at radius 1 is 0.658 bits per heavy atom. The Hall–Kier alpha value is -1.22. The standard InChI is InChI=1S/C24H14Cl2N4O2S2Se4/c25-17-9-11-33-19(17)21(31)29-23(35)27-13-1-5-15(6-2-13)37-38-16-7-3-14(4-8-16)28-24(36)30-22(32)20-18(26)10-12-34-20/h1-12H,(H,27,29,31)(H,28,30,32). The molecule has 0 saturated carbocycles. The van der Waals surface area contributed by atoms with E-state index in [-0.39, 0.29) is 11.8 Å². The van der Waals surface area contributed by atoms with Gasteiger partial charge in [0, 0.05) is 0 Å². The van der Waals surface area contributed by atoms with Gasteiger partial charge in [-0.1, -0.05) is 0 Å². The molecule has 2 aromatic heterocycles. The van der Waals surface area contributed by atoms with E-state index >= 15 is 0 Å². The third-order valence-corrected chi connectivity index (χ3v) is 15.2. The maximum atomic E-state index is 12.3. The Morgan fingerprint density at radius 3 is 1.34 bits per heavy atom. The van der Waals surface area contributed by atoms with E-state index in [1.165, 1.54) is 31.6 Å². The Labute approximate surface area is 264 Å². The third-order valence-electron chi connectivity index (χ3n) is 4.46. The number of amides is 2. The molecule has 14 heteroatoms. The number of carbonyl (C=O) groups excluding carboxylic acids is 2. The number of nitrogens with zero attached hydrogens (tertiary/aromatic N) is 2. The molecule has 38 heavy (non-hydrogen) atoms. The van der Waals surface area contributed by atoms with Crippen molar-refractivity contribution >= 4 is 146 Å². The van der Waals surface area contributed by atoms with Gasteiger partial charge in [0.1, 0.15) is 0 Å². The minimum atomic E-state index is -0.289. The molecule has 2 heterocycles. The van der Waals surface area contributed by atoms with Crippen molar-refractivity contribution in [2.75, 3.05) is 0 Å². The Kier molecular flexibility index (Phi) is 11.3. The summed E-state index contributed by atoms with van der Waals surface area (Å²) in [4.78, 5) is 34.3. The van der Waals surface area contributed by atoms with Crippen molar-refractivity contribution in [1.82, 2.24) is 10.6 Å². The van der Waals surface area contributed by atoms with Gasteiger partial charge in [0.05, 0.1) is 0 Å². The van der Waals surface area contributed by atoms with Crippen LogP contribution in [0, 0.1) is 0 Å². The molecule has 192 valence electrons. The van der Waals surface area contributed by atoms with Crippen molar-refractivity contribution in [3.8, 4) is 0 Å². The first kappa shape index (κ1) is 29.8. The molecule has 2 amide bonds. The number of halogens is 2. The van der Waals surface area contributed by atoms with Gasteiger partial charge >= 0.3 is 267 Å². The summed E-state index contributed by atoms with van der Waals surface area (Å²) in [6.07, 6.45) is 0. The van der Waals surface area contributed by atoms with E-state index in [0.29, 0.717) is 55.5 Å². The summed E-state index contributed by atoms with van der Waals surface area (Å²) in [5.74, 6) is -0.577. The molecule has 0 spiro atoms. The van der Waals surface area contributed by atoms with E-state index < -0.39 is 0 Å². The molecular weight excluding hydrogens is 827 g/mol. The van der Waals surface area contributed by atoms with Crippen LogP contribution < -0.4 is 19.6 Å². The van der Waals surface area contributed by atoms with Crippen LogP contribution in [0.15, 0.2) is 81.4 Å². The molecular formula is C24H14Cl2N4O2S2Se4. The van der Waals surface area contributed by atoms with Gasteiger partial charge in [-0.05, 0) is 0 Å². The van der Waals surface area contributed by atoms with Crippen molar-refractivity contribution in [1.29, 1.82) is 0 Å². The van der Waals surface area contributed by atoms with Crippen molar-refractivity contribution in [3.05, 3.63) is 91.2 Å². The van der Waals surface area contributed by atoms with Crippen LogP contribution in [0.2, 0.25) is 10.0 Å². The second-order valence-corrected chi connectivity index (χ2v) is 17.7. The molecule has 2 aromatic carbocycles. The van der Waals surface area contributed by atoms with E-state index in [1.807, 2.05) is 24.3 Å². The van der Waals surface area contributed by atoms with Crippen LogP contribution in [-0.4, -0.2) is 79.6 Å². The Morgan fingerprint density at radius 2 is 1.03 bits per heavy atom. The average molecular weight is 841 g/mol. The Balaban J connectivity index is 1.28. The summed E-state index contributed by atoms with van der Waals surface area (Å²) >= 11 is 20.7. The fourth-order valence-electron chi connectivity index (χ4n) is 2.76. The molecule has 0 saturated heterocycles. The molecule has 0 aliphatic heterocycles. The number of aliphatic imine (C=N–C) groups is 2. The molecule has 4 aromatic rings. The van der Waals surface area contributed by atoms with Crippen LogP contribution in [0.5, 0.6) is 0 Å². The summed E-state index contributed by atoms with van der Waals surface area (Å²) in [5.41, 5.74) is 1.48. The van der Waals surface area contributed by atoms with Crippen LogP contribution in [0.25, 0.3) is 0 Å². The predicted octanol–water partition coefficient (Wildman–Crippen LogP) is 3.56. The van der Waals surface area contributed by atoms with Crippen LogP contribution in [0.1, 0.15) is 19.3 Å². The van der Waals surface area contributed by atoms with E-state index in [9.17, 15) is 9.59 Å². The first-order valence-corrected chi connectivity index (χ1v) is 20.7. The van der Waals surface area contributed by atoms with Crippen LogP contribution in [-0.2, 0) is 0 Å². The fourth-order valence-corrected chi connectivity index (χ4v) is 11.6. The average Bonchev–Trinajstić information content (AvgIpc) is 3.52. The van der Waals surface area contributed by atoms with Crippen molar-refractivity contribution in [3.63, 3.8) is 0 Å². The van der Waals surface area contributed by atoms with Gasteiger partial charge < -0.3 is 0 Å². The first-order chi connectivity index (χ1) is 18.3. The molecule has 0 atom stereocenters. The number of rotatable bonds is 7. The fraction of sp³-hybridized carbons (Fsp3) is 0. The molecule has 0 aliphatic carbocycles. The van der Waals surface area contributed by atoms with Gasteiger partial charge in [-0.3, -0.25) is 0 Å². The van der Waals surface area contributed by atoms with Gasteiger partial charge in [-0.25, -0.2) is 0 Å². The second kappa shape index (κ2) is 14.4. The monoisotopic (exact) mass is 844 g/mol. The van der Waals surface area contributed by atoms with Gasteiger partial charge in [0.2, 0.25) is 0 Å². The number of amidine groups is 2. The van der Waals surface area contributed by atoms with Crippen molar-refractivity contribution in [2.45, 2.75) is 0 Å². The normalized spacial score (nSPS) is 11.8. The minimum absolute atomic E-state index is 0.289. The van der Waals surface area contributed by atoms with Gasteiger partial charge in [0.25, 0.3) is 0 Å². The summed E-state index contributed by atoms with van der Waals surface area (Å²) in [5, 5.41) is 9.82. The maximum absolute atomic E-state index is 12.3. The zero-order valence-electron chi connectivity index (χ0n) is 18.8. The summed E-state index contributed by atoms with van der Waals surface area (Å²) < 4.78 is 3.28. The van der Waals surface area contributed by atoms with E-state index in [4.69, 9.17) is 23.2 Å². The van der Waals surface area contributed by atoms with E-state index in [1.54, 1.807) is 22.9 Å². The van der Waals surface area contributed by atoms with Crippen LogP contribution in [0.3, 0.4) is 0 Å². The summed E-state index contributed by atoms with van der Waals surface area (Å²) in [6, 6.07) is 19.4.